The van der Waals surface area contributed by atoms with E-state index in [2.05, 4.69) is 0 Å². The Morgan fingerprint density at radius 3 is 2.64 bits per heavy atom. The van der Waals surface area contributed by atoms with Crippen molar-refractivity contribution in [3.8, 4) is 0 Å². The Labute approximate surface area is 85.6 Å². The Kier molecular flexibility index (Phi) is 3.42. The normalized spacial score (nSPS) is 10.4. The number of hydrogen-bond acceptors (Lipinski definition) is 2. The van der Waals surface area contributed by atoms with Crippen LogP contribution in [0.4, 0.5) is 0 Å². The molecule has 72 valence electrons. The van der Waals surface area contributed by atoms with Gasteiger partial charge in [-0.2, -0.15) is 0 Å². The predicted octanol–water partition coefficient (Wildman–Crippen LogP) is 2.25. The number of carboxylic acids is 1. The lowest BCUT2D eigenvalue weighted by molar-refractivity contribution is -0.131. The van der Waals surface area contributed by atoms with E-state index in [1.807, 2.05) is 0 Å². The van der Waals surface area contributed by atoms with E-state index in [1.54, 1.807) is 6.07 Å². The van der Waals surface area contributed by atoms with Gasteiger partial charge < -0.3 is 5.11 Å². The summed E-state index contributed by atoms with van der Waals surface area (Å²) in [7, 11) is 0. The molecule has 0 radical (unpaired) electrons. The van der Waals surface area contributed by atoms with E-state index in [4.69, 9.17) is 16.7 Å². The number of halogens is 1. The molecule has 0 aliphatic carbocycles. The van der Waals surface area contributed by atoms with Crippen molar-refractivity contribution in [1.82, 2.24) is 0 Å². The number of hydrogen-bond donors (Lipinski definition) is 1. The first kappa shape index (κ1) is 10.5. The van der Waals surface area contributed by atoms with Crippen LogP contribution in [-0.2, 0) is 4.79 Å². The summed E-state index contributed by atoms with van der Waals surface area (Å²) in [6, 6.07) is 4.69. The smallest absolute Gasteiger partial charge is 0.328 e. The van der Waals surface area contributed by atoms with Crippen LogP contribution in [0.3, 0.4) is 0 Å². The summed E-state index contributed by atoms with van der Waals surface area (Å²) in [5.41, 5.74) is 1.03. The van der Waals surface area contributed by atoms with Gasteiger partial charge in [-0.3, -0.25) is 4.79 Å². The van der Waals surface area contributed by atoms with Crippen LogP contribution in [0, 0.1) is 0 Å². The maximum Gasteiger partial charge on any atom is 0.328 e. The van der Waals surface area contributed by atoms with Crippen LogP contribution in [0.25, 0.3) is 6.08 Å². The van der Waals surface area contributed by atoms with Crippen LogP contribution in [0.2, 0.25) is 5.02 Å². The minimum atomic E-state index is -1.03. The maximum atomic E-state index is 10.4. The number of aliphatic carboxylic acids is 1. The van der Waals surface area contributed by atoms with Gasteiger partial charge in [0.15, 0.2) is 6.29 Å². The average molecular weight is 211 g/mol. The highest BCUT2D eigenvalue weighted by molar-refractivity contribution is 6.33. The fourth-order valence-corrected chi connectivity index (χ4v) is 1.14. The topological polar surface area (TPSA) is 54.4 Å². The monoisotopic (exact) mass is 210 g/mol. The molecule has 0 spiro atoms. The lowest BCUT2D eigenvalue weighted by atomic mass is 10.1. The number of carbonyl (C=O) groups excluding carboxylic acids is 1. The molecule has 0 heterocycles. The molecule has 0 aliphatic heterocycles. The number of carbonyl (C=O) groups is 2. The molecule has 0 atom stereocenters. The molecule has 0 saturated carbocycles. The molecule has 3 nitrogen and oxygen atoms in total. The molecular weight excluding hydrogens is 204 g/mol. The van der Waals surface area contributed by atoms with Crippen molar-refractivity contribution in [1.29, 1.82) is 0 Å². The summed E-state index contributed by atoms with van der Waals surface area (Å²) in [5, 5.41) is 8.68. The number of carboxylic acid groups (broad SMARTS) is 1. The molecule has 0 amide bonds. The van der Waals surface area contributed by atoms with Crippen LogP contribution in [-0.4, -0.2) is 17.4 Å². The van der Waals surface area contributed by atoms with Crippen molar-refractivity contribution in [2.75, 3.05) is 0 Å². The van der Waals surface area contributed by atoms with Crippen LogP contribution < -0.4 is 0 Å². The van der Waals surface area contributed by atoms with Crippen molar-refractivity contribution in [2.45, 2.75) is 0 Å². The Morgan fingerprint density at radius 2 is 2.14 bits per heavy atom. The van der Waals surface area contributed by atoms with Crippen LogP contribution in [0.1, 0.15) is 15.9 Å². The van der Waals surface area contributed by atoms with Crippen molar-refractivity contribution < 1.29 is 14.7 Å². The third-order valence-corrected chi connectivity index (χ3v) is 1.90. The first-order valence-corrected chi connectivity index (χ1v) is 4.17. The van der Waals surface area contributed by atoms with Gasteiger partial charge in [-0.1, -0.05) is 17.7 Å². The summed E-state index contributed by atoms with van der Waals surface area (Å²) in [5.74, 6) is -1.03. The Bertz CT molecular complexity index is 396. The summed E-state index contributed by atoms with van der Waals surface area (Å²) >= 11 is 5.73. The highest BCUT2D eigenvalue weighted by Gasteiger charge is 1.98. The van der Waals surface area contributed by atoms with Crippen molar-refractivity contribution >= 4 is 29.9 Å². The van der Waals surface area contributed by atoms with Crippen LogP contribution in [0.5, 0.6) is 0 Å². The molecule has 0 aliphatic rings. The van der Waals surface area contributed by atoms with E-state index < -0.39 is 5.97 Å². The molecule has 14 heavy (non-hydrogen) atoms. The standard InChI is InChI=1S/C10H7ClO3/c11-9-5-7(2-4-10(13)14)1-3-8(9)6-12/h1-6H,(H,13,14)/b4-2+. The van der Waals surface area contributed by atoms with E-state index >= 15 is 0 Å². The summed E-state index contributed by atoms with van der Waals surface area (Å²) in [6.07, 6.45) is 3.06. The first-order valence-electron chi connectivity index (χ1n) is 3.79. The average Bonchev–Trinajstić information content (AvgIpc) is 2.15. The summed E-state index contributed by atoms with van der Waals surface area (Å²) in [6.45, 7) is 0. The maximum absolute atomic E-state index is 10.4. The largest absolute Gasteiger partial charge is 0.478 e. The first-order chi connectivity index (χ1) is 6.63. The second-order valence-corrected chi connectivity index (χ2v) is 2.98. The fourth-order valence-electron chi connectivity index (χ4n) is 0.910. The minimum absolute atomic E-state index is 0.313. The Morgan fingerprint density at radius 1 is 1.43 bits per heavy atom. The predicted molar refractivity (Wildman–Crippen MR) is 53.5 cm³/mol. The van der Waals surface area contributed by atoms with Crippen molar-refractivity contribution in [3.05, 3.63) is 40.4 Å². The van der Waals surface area contributed by atoms with E-state index in [-0.39, 0.29) is 0 Å². The minimum Gasteiger partial charge on any atom is -0.478 e. The van der Waals surface area contributed by atoms with Crippen LogP contribution in [0.15, 0.2) is 24.3 Å². The number of benzene rings is 1. The number of rotatable bonds is 3. The highest BCUT2D eigenvalue weighted by atomic mass is 35.5. The summed E-state index contributed by atoms with van der Waals surface area (Å²) < 4.78 is 0. The second kappa shape index (κ2) is 4.58. The number of aldehydes is 1. The van der Waals surface area contributed by atoms with Gasteiger partial charge in [0.1, 0.15) is 0 Å². The van der Waals surface area contributed by atoms with Gasteiger partial charge in [0.05, 0.1) is 5.02 Å². The molecule has 0 saturated heterocycles. The van der Waals surface area contributed by atoms with Gasteiger partial charge in [0.25, 0.3) is 0 Å². The Balaban J connectivity index is 2.97. The fraction of sp³-hybridized carbons (Fsp3) is 0. The van der Waals surface area contributed by atoms with E-state index in [1.165, 1.54) is 18.2 Å². The van der Waals surface area contributed by atoms with E-state index in [0.717, 1.165) is 6.08 Å². The zero-order chi connectivity index (χ0) is 10.6. The third kappa shape index (κ3) is 2.71. The Hall–Kier alpha value is -1.61. The van der Waals surface area contributed by atoms with Gasteiger partial charge >= 0.3 is 5.97 Å². The SMILES string of the molecule is O=Cc1ccc(/C=C/C(=O)O)cc1Cl. The van der Waals surface area contributed by atoms with Crippen LogP contribution >= 0.6 is 11.6 Å². The molecule has 1 N–H and O–H groups in total. The third-order valence-electron chi connectivity index (χ3n) is 1.57. The molecule has 0 fully saturated rings. The second-order valence-electron chi connectivity index (χ2n) is 2.57. The van der Waals surface area contributed by atoms with Gasteiger partial charge in [-0.25, -0.2) is 4.79 Å². The summed E-state index contributed by atoms with van der Waals surface area (Å²) in [4.78, 5) is 20.6. The molecule has 0 unspecified atom stereocenters. The molecule has 4 heteroatoms. The molecular formula is C10H7ClO3. The molecule has 1 aromatic rings. The molecule has 0 bridgehead atoms. The molecule has 1 rings (SSSR count). The van der Waals surface area contributed by atoms with E-state index in [0.29, 0.717) is 22.4 Å². The van der Waals surface area contributed by atoms with Crippen molar-refractivity contribution in [3.63, 3.8) is 0 Å². The lowest BCUT2D eigenvalue weighted by Gasteiger charge is -1.97. The van der Waals surface area contributed by atoms with Gasteiger partial charge in [0, 0.05) is 11.6 Å². The van der Waals surface area contributed by atoms with Gasteiger partial charge in [0.2, 0.25) is 0 Å². The lowest BCUT2D eigenvalue weighted by Crippen LogP contribution is -1.86. The zero-order valence-corrected chi connectivity index (χ0v) is 7.86. The van der Waals surface area contributed by atoms with Gasteiger partial charge in [-0.05, 0) is 23.8 Å². The zero-order valence-electron chi connectivity index (χ0n) is 7.11. The molecule has 1 aromatic carbocycles. The highest BCUT2D eigenvalue weighted by Crippen LogP contribution is 2.16. The van der Waals surface area contributed by atoms with Gasteiger partial charge in [-0.15, -0.1) is 0 Å². The van der Waals surface area contributed by atoms with Crippen molar-refractivity contribution in [2.24, 2.45) is 0 Å². The quantitative estimate of drug-likeness (QED) is 0.615. The molecule has 0 aromatic heterocycles. The van der Waals surface area contributed by atoms with E-state index in [9.17, 15) is 9.59 Å².